The maximum Gasteiger partial charge on any atom is 0.0547 e. The second-order valence-electron chi connectivity index (χ2n) is 14.2. The predicted octanol–water partition coefficient (Wildman–Crippen LogP) is 13.8. The fraction of sp³-hybridized carbons (Fsp3) is 0.0196. The molecule has 9 aromatic carbocycles. The van der Waals surface area contributed by atoms with E-state index < -0.39 is 0 Å². The second-order valence-corrected chi connectivity index (χ2v) is 14.2. The fourth-order valence-electron chi connectivity index (χ4n) is 8.66. The third kappa shape index (κ3) is 4.59. The van der Waals surface area contributed by atoms with Crippen LogP contribution in [0.25, 0.3) is 98.8 Å². The number of benzene rings is 9. The minimum absolute atomic E-state index is 1.15. The summed E-state index contributed by atoms with van der Waals surface area (Å²) in [4.78, 5) is 0. The van der Waals surface area contributed by atoms with Gasteiger partial charge in [-0.1, -0.05) is 140 Å². The van der Waals surface area contributed by atoms with Crippen LogP contribution in [0.4, 0.5) is 0 Å². The number of nitrogens with zero attached hydrogens (tertiary/aromatic N) is 2. The number of rotatable bonds is 4. The van der Waals surface area contributed by atoms with Crippen LogP contribution in [0.15, 0.2) is 188 Å². The first kappa shape index (κ1) is 29.8. The lowest BCUT2D eigenvalue weighted by Crippen LogP contribution is -1.95. The lowest BCUT2D eigenvalue weighted by Gasteiger charge is -2.12. The largest absolute Gasteiger partial charge is 0.309 e. The summed E-state index contributed by atoms with van der Waals surface area (Å²) in [5, 5.41) is 10.3. The first-order chi connectivity index (χ1) is 26.2. The SMILES string of the molecule is Cc1ccc2c3c4ccccc4ccc3n(-c3ccc(-c4ccc(-n5c6cc(-c7ccccc7)ccc6c6c7ccccc7ccc65)cc4)cc3)c2c1. The molecule has 0 aliphatic heterocycles. The van der Waals surface area contributed by atoms with Crippen molar-refractivity contribution >= 4 is 65.2 Å². The van der Waals surface area contributed by atoms with Gasteiger partial charge in [-0.2, -0.15) is 0 Å². The van der Waals surface area contributed by atoms with Gasteiger partial charge in [0.2, 0.25) is 0 Å². The van der Waals surface area contributed by atoms with Crippen molar-refractivity contribution < 1.29 is 0 Å². The van der Waals surface area contributed by atoms with Gasteiger partial charge in [0.15, 0.2) is 0 Å². The van der Waals surface area contributed by atoms with Gasteiger partial charge >= 0.3 is 0 Å². The highest BCUT2D eigenvalue weighted by molar-refractivity contribution is 6.22. The molecular weight excluding hydrogens is 641 g/mol. The van der Waals surface area contributed by atoms with E-state index in [4.69, 9.17) is 0 Å². The Morgan fingerprint density at radius 2 is 0.755 bits per heavy atom. The lowest BCUT2D eigenvalue weighted by molar-refractivity contribution is 1.18. The highest BCUT2D eigenvalue weighted by Gasteiger charge is 2.17. The molecule has 0 saturated heterocycles. The van der Waals surface area contributed by atoms with Crippen LogP contribution in [0.5, 0.6) is 0 Å². The summed E-state index contributed by atoms with van der Waals surface area (Å²) in [6.07, 6.45) is 0. The smallest absolute Gasteiger partial charge is 0.0547 e. The molecule has 0 unspecified atom stereocenters. The van der Waals surface area contributed by atoms with Crippen LogP contribution in [0.1, 0.15) is 5.56 Å². The van der Waals surface area contributed by atoms with Crippen molar-refractivity contribution in [2.75, 3.05) is 0 Å². The van der Waals surface area contributed by atoms with E-state index in [0.29, 0.717) is 0 Å². The Balaban J connectivity index is 1.03. The van der Waals surface area contributed by atoms with Gasteiger partial charge in [0.1, 0.15) is 0 Å². The third-order valence-corrected chi connectivity index (χ3v) is 11.2. The molecule has 11 aromatic rings. The summed E-state index contributed by atoms with van der Waals surface area (Å²) in [7, 11) is 0. The molecule has 53 heavy (non-hydrogen) atoms. The van der Waals surface area contributed by atoms with Gasteiger partial charge in [-0.25, -0.2) is 0 Å². The van der Waals surface area contributed by atoms with Crippen LogP contribution < -0.4 is 0 Å². The van der Waals surface area contributed by atoms with E-state index in [-0.39, 0.29) is 0 Å². The molecule has 2 aromatic heterocycles. The molecule has 0 N–H and O–H groups in total. The number of hydrogen-bond donors (Lipinski definition) is 0. The standard InChI is InChI=1S/C51H34N2/c1-33-15-27-44-48(31-33)52(46-29-21-37-11-5-7-13-42(37)50(44)46)40-23-16-35(17-24-40)36-18-25-41(26-19-36)53-47-30-22-38-12-6-8-14-43(38)51(47)45-28-20-39(32-49(45)53)34-9-3-2-4-10-34/h2-32H,1H3. The molecule has 0 fully saturated rings. The van der Waals surface area contributed by atoms with Gasteiger partial charge in [0, 0.05) is 32.9 Å². The van der Waals surface area contributed by atoms with Crippen LogP contribution in [0.2, 0.25) is 0 Å². The van der Waals surface area contributed by atoms with E-state index in [1.165, 1.54) is 93.0 Å². The molecule has 2 nitrogen and oxygen atoms in total. The highest BCUT2D eigenvalue weighted by atomic mass is 15.0. The Bertz CT molecular complexity index is 3200. The molecule has 0 amide bonds. The number of aromatic nitrogens is 2. The fourth-order valence-corrected chi connectivity index (χ4v) is 8.66. The van der Waals surface area contributed by atoms with Gasteiger partial charge in [0.25, 0.3) is 0 Å². The monoisotopic (exact) mass is 674 g/mol. The number of hydrogen-bond acceptors (Lipinski definition) is 0. The van der Waals surface area contributed by atoms with Crippen LogP contribution >= 0.6 is 0 Å². The molecule has 0 atom stereocenters. The van der Waals surface area contributed by atoms with Crippen molar-refractivity contribution in [2.45, 2.75) is 6.92 Å². The van der Waals surface area contributed by atoms with E-state index >= 15 is 0 Å². The average molecular weight is 675 g/mol. The summed E-state index contributed by atoms with van der Waals surface area (Å²) in [6.45, 7) is 2.18. The van der Waals surface area contributed by atoms with Gasteiger partial charge in [-0.05, 0) is 105 Å². The number of aryl methyl sites for hydroxylation is 1. The van der Waals surface area contributed by atoms with Crippen molar-refractivity contribution in [1.82, 2.24) is 9.13 Å². The van der Waals surface area contributed by atoms with E-state index in [1.54, 1.807) is 0 Å². The van der Waals surface area contributed by atoms with E-state index in [9.17, 15) is 0 Å². The summed E-state index contributed by atoms with van der Waals surface area (Å²) in [6, 6.07) is 69.1. The zero-order valence-corrected chi connectivity index (χ0v) is 29.3. The predicted molar refractivity (Wildman–Crippen MR) is 226 cm³/mol. The molecule has 0 aliphatic rings. The summed E-state index contributed by atoms with van der Waals surface area (Å²) < 4.78 is 4.86. The molecule has 0 saturated carbocycles. The molecular formula is C51H34N2. The Kier molecular flexibility index (Phi) is 6.50. The maximum atomic E-state index is 2.43. The zero-order valence-electron chi connectivity index (χ0n) is 29.3. The zero-order chi connectivity index (χ0) is 35.0. The molecule has 0 radical (unpaired) electrons. The molecule has 2 heteroatoms. The minimum Gasteiger partial charge on any atom is -0.309 e. The summed E-state index contributed by atoms with van der Waals surface area (Å²) >= 11 is 0. The van der Waals surface area contributed by atoms with Crippen molar-refractivity contribution in [1.29, 1.82) is 0 Å². The van der Waals surface area contributed by atoms with E-state index in [2.05, 4.69) is 204 Å². The first-order valence-electron chi connectivity index (χ1n) is 18.3. The quantitative estimate of drug-likeness (QED) is 0.176. The minimum atomic E-state index is 1.15. The lowest BCUT2D eigenvalue weighted by atomic mass is 10.0. The number of fused-ring (bicyclic) bond motifs is 10. The van der Waals surface area contributed by atoms with Crippen LogP contribution in [-0.2, 0) is 0 Å². The Morgan fingerprint density at radius 3 is 1.32 bits per heavy atom. The van der Waals surface area contributed by atoms with Crippen molar-refractivity contribution in [3.63, 3.8) is 0 Å². The van der Waals surface area contributed by atoms with Gasteiger partial charge in [-0.3, -0.25) is 0 Å². The van der Waals surface area contributed by atoms with Crippen LogP contribution in [-0.4, -0.2) is 9.13 Å². The molecule has 0 aliphatic carbocycles. The van der Waals surface area contributed by atoms with Crippen LogP contribution in [0.3, 0.4) is 0 Å². The van der Waals surface area contributed by atoms with Crippen LogP contribution in [0, 0.1) is 6.92 Å². The molecule has 0 spiro atoms. The normalized spacial score (nSPS) is 11.9. The Morgan fingerprint density at radius 1 is 0.302 bits per heavy atom. The summed E-state index contributed by atoms with van der Waals surface area (Å²) in [5.74, 6) is 0. The van der Waals surface area contributed by atoms with E-state index in [1.807, 2.05) is 0 Å². The summed E-state index contributed by atoms with van der Waals surface area (Å²) in [5.41, 5.74) is 13.3. The molecule has 2 heterocycles. The van der Waals surface area contributed by atoms with Gasteiger partial charge in [-0.15, -0.1) is 0 Å². The van der Waals surface area contributed by atoms with Crippen molar-refractivity contribution in [3.8, 4) is 33.6 Å². The Labute approximate surface area is 307 Å². The highest BCUT2D eigenvalue weighted by Crippen LogP contribution is 2.40. The van der Waals surface area contributed by atoms with E-state index in [0.717, 1.165) is 11.4 Å². The molecule has 11 rings (SSSR count). The Hall–Kier alpha value is -6.90. The first-order valence-corrected chi connectivity index (χ1v) is 18.3. The van der Waals surface area contributed by atoms with Gasteiger partial charge in [0.05, 0.1) is 22.1 Å². The van der Waals surface area contributed by atoms with Crippen molar-refractivity contribution in [2.24, 2.45) is 0 Å². The molecule has 248 valence electrons. The topological polar surface area (TPSA) is 9.86 Å². The third-order valence-electron chi connectivity index (χ3n) is 11.2. The van der Waals surface area contributed by atoms with Crippen molar-refractivity contribution in [3.05, 3.63) is 194 Å². The maximum absolute atomic E-state index is 2.43. The molecule has 0 bridgehead atoms. The second kappa shape index (κ2) is 11.6. The average Bonchev–Trinajstić information content (AvgIpc) is 3.74. The van der Waals surface area contributed by atoms with Gasteiger partial charge < -0.3 is 9.13 Å².